The van der Waals surface area contributed by atoms with Crippen LogP contribution < -0.4 is 10.1 Å². The average Bonchev–Trinajstić information content (AvgIpc) is 2.41. The lowest BCUT2D eigenvalue weighted by molar-refractivity contribution is 0.179. The number of nitrogens with one attached hydrogen (secondary N) is 1. The first-order chi connectivity index (χ1) is 10.2. The molecule has 0 bridgehead atoms. The lowest BCUT2D eigenvalue weighted by Gasteiger charge is -2.28. The molecule has 1 N–H and O–H groups in total. The number of benzene rings is 1. The number of rotatable bonds is 5. The quantitative estimate of drug-likeness (QED) is 0.864. The third-order valence-corrected chi connectivity index (χ3v) is 5.11. The highest BCUT2D eigenvalue weighted by atomic mass is 35.5. The molecule has 2 aliphatic rings. The van der Waals surface area contributed by atoms with Gasteiger partial charge in [0, 0.05) is 6.04 Å². The van der Waals surface area contributed by atoms with Gasteiger partial charge in [-0.05, 0) is 68.7 Å². The van der Waals surface area contributed by atoms with Crippen LogP contribution in [0.15, 0.2) is 12.1 Å². The van der Waals surface area contributed by atoms with Gasteiger partial charge in [0.2, 0.25) is 0 Å². The Hall–Kier alpha value is -0.730. The minimum absolute atomic E-state index is 0.572. The second-order valence-corrected chi connectivity index (χ2v) is 7.10. The van der Waals surface area contributed by atoms with Gasteiger partial charge in [-0.25, -0.2) is 0 Å². The highest BCUT2D eigenvalue weighted by Gasteiger charge is 2.21. The molecule has 0 spiro atoms. The predicted molar refractivity (Wildman–Crippen MR) is 88.4 cm³/mol. The summed E-state index contributed by atoms with van der Waals surface area (Å²) in [4.78, 5) is 0. The third kappa shape index (κ3) is 3.92. The maximum atomic E-state index is 6.45. The molecule has 1 aromatic rings. The van der Waals surface area contributed by atoms with Crippen LogP contribution in [0.1, 0.15) is 49.7 Å². The maximum absolute atomic E-state index is 6.45. The summed E-state index contributed by atoms with van der Waals surface area (Å²) in [5, 5.41) is 4.40. The van der Waals surface area contributed by atoms with Crippen molar-refractivity contribution in [1.82, 2.24) is 5.32 Å². The molecule has 1 heterocycles. The molecule has 1 unspecified atom stereocenters. The Balaban J connectivity index is 1.72. The zero-order valence-electron chi connectivity index (χ0n) is 13.0. The van der Waals surface area contributed by atoms with Gasteiger partial charge in [-0.2, -0.15) is 0 Å². The number of halogens is 1. The molecule has 21 heavy (non-hydrogen) atoms. The zero-order valence-corrected chi connectivity index (χ0v) is 13.7. The van der Waals surface area contributed by atoms with Crippen LogP contribution >= 0.6 is 11.6 Å². The highest BCUT2D eigenvalue weighted by molar-refractivity contribution is 6.32. The Morgan fingerprint density at radius 1 is 1.19 bits per heavy atom. The van der Waals surface area contributed by atoms with E-state index in [0.717, 1.165) is 36.3 Å². The molecule has 116 valence electrons. The zero-order chi connectivity index (χ0) is 14.7. The van der Waals surface area contributed by atoms with Crippen LogP contribution in [0.2, 0.25) is 5.02 Å². The van der Waals surface area contributed by atoms with Gasteiger partial charge < -0.3 is 10.1 Å². The third-order valence-electron chi connectivity index (χ3n) is 4.83. The topological polar surface area (TPSA) is 21.3 Å². The minimum atomic E-state index is 0.572. The van der Waals surface area contributed by atoms with Gasteiger partial charge in [0.25, 0.3) is 0 Å². The molecule has 1 aliphatic carbocycles. The van der Waals surface area contributed by atoms with Crippen molar-refractivity contribution in [1.29, 1.82) is 0 Å². The molecular formula is C18H26ClNO. The summed E-state index contributed by atoms with van der Waals surface area (Å²) in [6, 6.07) is 4.84. The molecule has 1 saturated carbocycles. The predicted octanol–water partition coefficient (Wildman–Crippen LogP) is 4.51. The van der Waals surface area contributed by atoms with E-state index >= 15 is 0 Å². The molecule has 0 radical (unpaired) electrons. The van der Waals surface area contributed by atoms with Gasteiger partial charge in [-0.3, -0.25) is 0 Å². The fraction of sp³-hybridized carbons (Fsp3) is 0.667. The molecular weight excluding hydrogens is 282 g/mol. The van der Waals surface area contributed by atoms with Crippen molar-refractivity contribution >= 4 is 11.6 Å². The molecule has 0 aromatic heterocycles. The van der Waals surface area contributed by atoms with Crippen molar-refractivity contribution in [3.63, 3.8) is 0 Å². The monoisotopic (exact) mass is 307 g/mol. The summed E-state index contributed by atoms with van der Waals surface area (Å²) in [6.45, 7) is 4.08. The number of aryl methyl sites for hydroxylation is 1. The van der Waals surface area contributed by atoms with E-state index in [0.29, 0.717) is 6.04 Å². The van der Waals surface area contributed by atoms with Crippen molar-refractivity contribution in [2.45, 2.75) is 57.9 Å². The normalized spacial score (nSPS) is 22.9. The van der Waals surface area contributed by atoms with E-state index in [1.807, 2.05) is 6.07 Å². The van der Waals surface area contributed by atoms with E-state index < -0.39 is 0 Å². The fourth-order valence-electron chi connectivity index (χ4n) is 3.34. The first kappa shape index (κ1) is 15.2. The minimum Gasteiger partial charge on any atom is -0.491 e. The lowest BCUT2D eigenvalue weighted by Crippen LogP contribution is -2.35. The van der Waals surface area contributed by atoms with Crippen LogP contribution in [-0.4, -0.2) is 19.2 Å². The Bertz CT molecular complexity index is 478. The van der Waals surface area contributed by atoms with E-state index in [4.69, 9.17) is 16.3 Å². The summed E-state index contributed by atoms with van der Waals surface area (Å²) in [7, 11) is 0. The van der Waals surface area contributed by atoms with Crippen LogP contribution in [0.4, 0.5) is 0 Å². The van der Waals surface area contributed by atoms with E-state index in [1.54, 1.807) is 0 Å². The van der Waals surface area contributed by atoms with Crippen molar-refractivity contribution in [2.75, 3.05) is 13.2 Å². The Morgan fingerprint density at radius 2 is 2.05 bits per heavy atom. The Morgan fingerprint density at radius 3 is 2.71 bits per heavy atom. The fourth-order valence-corrected chi connectivity index (χ4v) is 3.69. The molecule has 2 nitrogen and oxygen atoms in total. The van der Waals surface area contributed by atoms with Gasteiger partial charge in [0.15, 0.2) is 0 Å². The summed E-state index contributed by atoms with van der Waals surface area (Å²) in [5.74, 6) is 1.67. The summed E-state index contributed by atoms with van der Waals surface area (Å²) in [5.41, 5.74) is 2.50. The molecule has 3 heteroatoms. The smallest absolute Gasteiger partial charge is 0.141 e. The Kier molecular flexibility index (Phi) is 5.07. The first-order valence-corrected chi connectivity index (χ1v) is 8.75. The molecule has 3 rings (SSSR count). The van der Waals surface area contributed by atoms with Crippen molar-refractivity contribution < 1.29 is 4.74 Å². The average molecular weight is 308 g/mol. The largest absolute Gasteiger partial charge is 0.491 e. The molecule has 1 atom stereocenters. The summed E-state index contributed by atoms with van der Waals surface area (Å²) >= 11 is 6.45. The Labute approximate surface area is 133 Å². The lowest BCUT2D eigenvalue weighted by atomic mass is 9.86. The number of hydrogen-bond donors (Lipinski definition) is 1. The summed E-state index contributed by atoms with van der Waals surface area (Å²) in [6.07, 6.45) is 8.89. The number of hydrogen-bond acceptors (Lipinski definition) is 2. The van der Waals surface area contributed by atoms with Crippen molar-refractivity contribution in [3.8, 4) is 5.75 Å². The van der Waals surface area contributed by atoms with Gasteiger partial charge in [-0.1, -0.05) is 30.5 Å². The van der Waals surface area contributed by atoms with Crippen molar-refractivity contribution in [3.05, 3.63) is 28.3 Å². The molecule has 1 aromatic carbocycles. The van der Waals surface area contributed by atoms with Gasteiger partial charge >= 0.3 is 0 Å². The van der Waals surface area contributed by atoms with Crippen LogP contribution in [0, 0.1) is 12.8 Å². The van der Waals surface area contributed by atoms with Gasteiger partial charge in [-0.15, -0.1) is 0 Å². The van der Waals surface area contributed by atoms with Crippen molar-refractivity contribution in [2.24, 2.45) is 5.92 Å². The van der Waals surface area contributed by atoms with E-state index in [-0.39, 0.29) is 0 Å². The molecule has 1 aliphatic heterocycles. The first-order valence-electron chi connectivity index (χ1n) is 8.37. The molecule has 2 fully saturated rings. The highest BCUT2D eigenvalue weighted by Crippen LogP contribution is 2.34. The van der Waals surface area contributed by atoms with Crippen LogP contribution in [0.25, 0.3) is 0 Å². The van der Waals surface area contributed by atoms with Crippen LogP contribution in [0.5, 0.6) is 5.75 Å². The summed E-state index contributed by atoms with van der Waals surface area (Å²) < 4.78 is 6.11. The van der Waals surface area contributed by atoms with E-state index in [1.165, 1.54) is 49.7 Å². The van der Waals surface area contributed by atoms with E-state index in [9.17, 15) is 0 Å². The molecule has 0 amide bonds. The standard InChI is InChI=1S/C18H26ClNO/c1-13-9-15(11-16-7-2-3-8-20-16)18(17(19)10-13)21-12-14-5-4-6-14/h9-10,14,16,20H,2-8,11-12H2,1H3. The SMILES string of the molecule is Cc1cc(Cl)c(OCC2CCC2)c(CC2CCCCN2)c1. The second kappa shape index (κ2) is 7.02. The maximum Gasteiger partial charge on any atom is 0.141 e. The van der Waals surface area contributed by atoms with E-state index in [2.05, 4.69) is 18.3 Å². The van der Waals surface area contributed by atoms with Gasteiger partial charge in [0.1, 0.15) is 5.75 Å². The molecule has 1 saturated heterocycles. The number of ether oxygens (including phenoxy) is 1. The van der Waals surface area contributed by atoms with Gasteiger partial charge in [0.05, 0.1) is 11.6 Å². The van der Waals surface area contributed by atoms with Crippen LogP contribution in [-0.2, 0) is 6.42 Å². The number of piperidine rings is 1. The second-order valence-electron chi connectivity index (χ2n) is 6.69. The van der Waals surface area contributed by atoms with Crippen LogP contribution in [0.3, 0.4) is 0 Å².